The van der Waals surface area contributed by atoms with E-state index in [1.54, 1.807) is 23.9 Å². The van der Waals surface area contributed by atoms with Crippen LogP contribution in [-0.2, 0) is 16.0 Å². The van der Waals surface area contributed by atoms with Gasteiger partial charge in [0.1, 0.15) is 11.6 Å². The zero-order valence-electron chi connectivity index (χ0n) is 19.2. The number of fused-ring (bicyclic) bond motifs is 2. The Morgan fingerprint density at radius 1 is 1.06 bits per heavy atom. The van der Waals surface area contributed by atoms with Crippen LogP contribution in [-0.4, -0.2) is 71.8 Å². The molecule has 4 rings (SSSR count). The number of carboxylic acid groups (broad SMARTS) is 2. The molecule has 1 saturated heterocycles. The summed E-state index contributed by atoms with van der Waals surface area (Å²) >= 11 is 1.68. The van der Waals surface area contributed by atoms with Crippen molar-refractivity contribution in [1.29, 1.82) is 0 Å². The number of hydrogen-bond acceptors (Lipinski definition) is 6. The van der Waals surface area contributed by atoms with E-state index in [9.17, 15) is 14.0 Å². The van der Waals surface area contributed by atoms with E-state index in [1.165, 1.54) is 16.0 Å². The fraction of sp³-hybridized carbons (Fsp3) is 0.360. The quantitative estimate of drug-likeness (QED) is 0.612. The summed E-state index contributed by atoms with van der Waals surface area (Å²) in [5.41, 5.74) is 2.54. The van der Waals surface area contributed by atoms with Crippen LogP contribution in [0.3, 0.4) is 0 Å². The highest BCUT2D eigenvalue weighted by Crippen LogP contribution is 2.44. The summed E-state index contributed by atoms with van der Waals surface area (Å²) in [5, 5.41) is 15.6. The third-order valence-corrected chi connectivity index (χ3v) is 6.85. The number of carbonyl (C=O) groups is 2. The Morgan fingerprint density at radius 3 is 2.35 bits per heavy atom. The Morgan fingerprint density at radius 2 is 1.74 bits per heavy atom. The smallest absolute Gasteiger partial charge is 0.328 e. The first-order valence-corrected chi connectivity index (χ1v) is 11.9. The van der Waals surface area contributed by atoms with E-state index < -0.39 is 11.9 Å². The summed E-state index contributed by atoms with van der Waals surface area (Å²) in [6, 6.07) is 11.9. The number of halogens is 1. The fourth-order valence-corrected chi connectivity index (χ4v) is 5.11. The molecular formula is C25H29FN2O5S. The van der Waals surface area contributed by atoms with E-state index in [0.717, 1.165) is 43.2 Å². The maximum Gasteiger partial charge on any atom is 0.328 e. The summed E-state index contributed by atoms with van der Waals surface area (Å²) in [5.74, 6) is -1.76. The van der Waals surface area contributed by atoms with Gasteiger partial charge in [-0.05, 0) is 61.9 Å². The van der Waals surface area contributed by atoms with Crippen molar-refractivity contribution in [3.63, 3.8) is 0 Å². The lowest BCUT2D eigenvalue weighted by molar-refractivity contribution is -0.134. The van der Waals surface area contributed by atoms with Crippen molar-refractivity contribution < 1.29 is 28.9 Å². The minimum atomic E-state index is -1.26. The molecule has 0 radical (unpaired) electrons. The molecule has 1 fully saturated rings. The molecule has 2 N–H and O–H groups in total. The average Bonchev–Trinajstić information content (AvgIpc) is 2.95. The van der Waals surface area contributed by atoms with Gasteiger partial charge < -0.3 is 19.8 Å². The van der Waals surface area contributed by atoms with Crippen LogP contribution in [0, 0.1) is 5.82 Å². The van der Waals surface area contributed by atoms with Crippen molar-refractivity contribution in [3.8, 4) is 5.75 Å². The Kier molecular flexibility index (Phi) is 9.09. The Bertz CT molecular complexity index is 1040. The maximum atomic E-state index is 13.8. The second-order valence-corrected chi connectivity index (χ2v) is 9.14. The molecule has 0 saturated carbocycles. The molecule has 0 amide bonds. The fourth-order valence-electron chi connectivity index (χ4n) is 3.97. The van der Waals surface area contributed by atoms with E-state index in [1.807, 2.05) is 19.1 Å². The van der Waals surface area contributed by atoms with E-state index in [2.05, 4.69) is 29.0 Å². The van der Waals surface area contributed by atoms with Crippen LogP contribution in [0.5, 0.6) is 5.75 Å². The summed E-state index contributed by atoms with van der Waals surface area (Å²) in [7, 11) is 2.18. The topological polar surface area (TPSA) is 90.3 Å². The Balaban J connectivity index is 0.000000350. The van der Waals surface area contributed by atoms with Gasteiger partial charge in [0.05, 0.1) is 6.61 Å². The highest BCUT2D eigenvalue weighted by Gasteiger charge is 2.30. The van der Waals surface area contributed by atoms with Crippen LogP contribution in [0.25, 0.3) is 0 Å². The molecule has 0 bridgehead atoms. The van der Waals surface area contributed by atoms with Crippen molar-refractivity contribution in [1.82, 2.24) is 9.80 Å². The highest BCUT2D eigenvalue weighted by atomic mass is 32.2. The molecule has 7 nitrogen and oxygen atoms in total. The number of likely N-dealkylation sites (N-methyl/N-ethyl adjacent to an activating group) is 1. The SMILES string of the molecule is CCOc1ccc2c(c1)C(N1CCN(C)CC1)Cc1ccc(F)cc1S2.O=C(O)C=CC(=O)O. The predicted molar refractivity (Wildman–Crippen MR) is 128 cm³/mol. The van der Waals surface area contributed by atoms with Crippen LogP contribution in [0.15, 0.2) is 58.3 Å². The zero-order valence-corrected chi connectivity index (χ0v) is 20.1. The summed E-state index contributed by atoms with van der Waals surface area (Å²) in [6.07, 6.45) is 2.03. The number of benzene rings is 2. The highest BCUT2D eigenvalue weighted by molar-refractivity contribution is 7.99. The van der Waals surface area contributed by atoms with Crippen molar-refractivity contribution in [3.05, 3.63) is 65.5 Å². The van der Waals surface area contributed by atoms with Crippen LogP contribution in [0.4, 0.5) is 4.39 Å². The van der Waals surface area contributed by atoms with Crippen molar-refractivity contribution in [2.24, 2.45) is 0 Å². The van der Waals surface area contributed by atoms with Crippen molar-refractivity contribution in [2.75, 3.05) is 39.8 Å². The molecule has 34 heavy (non-hydrogen) atoms. The van der Waals surface area contributed by atoms with Crippen LogP contribution in [0.1, 0.15) is 24.1 Å². The molecular weight excluding hydrogens is 459 g/mol. The molecule has 2 aromatic carbocycles. The van der Waals surface area contributed by atoms with Gasteiger partial charge in [-0.25, -0.2) is 14.0 Å². The Hall–Kier alpha value is -2.88. The average molecular weight is 489 g/mol. The lowest BCUT2D eigenvalue weighted by atomic mass is 9.96. The minimum absolute atomic E-state index is 0.165. The van der Waals surface area contributed by atoms with E-state index in [4.69, 9.17) is 14.9 Å². The molecule has 2 aromatic rings. The number of aliphatic carboxylic acids is 2. The maximum absolute atomic E-state index is 13.8. The van der Waals surface area contributed by atoms with Gasteiger partial charge in [-0.3, -0.25) is 4.90 Å². The van der Waals surface area contributed by atoms with Crippen LogP contribution < -0.4 is 4.74 Å². The number of nitrogens with zero attached hydrogens (tertiary/aromatic N) is 2. The van der Waals surface area contributed by atoms with Crippen LogP contribution in [0.2, 0.25) is 0 Å². The number of piperazine rings is 1. The van der Waals surface area contributed by atoms with E-state index in [-0.39, 0.29) is 5.82 Å². The molecule has 0 aromatic heterocycles. The van der Waals surface area contributed by atoms with Gasteiger partial charge in [-0.2, -0.15) is 0 Å². The predicted octanol–water partition coefficient (Wildman–Crippen LogP) is 3.93. The number of hydrogen-bond donors (Lipinski definition) is 2. The number of rotatable bonds is 5. The normalized spacial score (nSPS) is 18.3. The number of carboxylic acids is 2. The van der Waals surface area contributed by atoms with Gasteiger partial charge in [-0.1, -0.05) is 17.8 Å². The first-order valence-electron chi connectivity index (χ1n) is 11.1. The molecule has 0 spiro atoms. The second kappa shape index (κ2) is 12.0. The minimum Gasteiger partial charge on any atom is -0.494 e. The van der Waals surface area contributed by atoms with E-state index >= 15 is 0 Å². The molecule has 9 heteroatoms. The third-order valence-electron chi connectivity index (χ3n) is 5.66. The molecule has 2 heterocycles. The summed E-state index contributed by atoms with van der Waals surface area (Å²) in [4.78, 5) is 26.3. The first-order chi connectivity index (χ1) is 16.3. The molecule has 2 aliphatic heterocycles. The van der Waals surface area contributed by atoms with Crippen molar-refractivity contribution in [2.45, 2.75) is 29.2 Å². The Labute approximate surface area is 202 Å². The van der Waals surface area contributed by atoms with Crippen molar-refractivity contribution >= 4 is 23.7 Å². The largest absolute Gasteiger partial charge is 0.494 e. The van der Waals surface area contributed by atoms with Gasteiger partial charge in [0.25, 0.3) is 0 Å². The summed E-state index contributed by atoms with van der Waals surface area (Å²) in [6.45, 7) is 6.95. The van der Waals surface area contributed by atoms with Gasteiger partial charge in [0.15, 0.2) is 0 Å². The first kappa shape index (κ1) is 25.7. The van der Waals surface area contributed by atoms with E-state index in [0.29, 0.717) is 24.8 Å². The van der Waals surface area contributed by atoms with Crippen LogP contribution >= 0.6 is 11.8 Å². The molecule has 182 valence electrons. The standard InChI is InChI=1S/C21H25FN2OS.C4H4O4/c1-3-25-17-6-7-20-18(14-17)19(24-10-8-23(2)9-11-24)12-15-4-5-16(22)13-21(15)26-20;5-3(6)1-2-4(7)8/h4-7,13-14,19H,3,8-12H2,1-2H3;1-2H,(H,5,6)(H,7,8). The third kappa shape index (κ3) is 7.06. The molecule has 2 aliphatic rings. The lowest BCUT2D eigenvalue weighted by Gasteiger charge is -2.38. The lowest BCUT2D eigenvalue weighted by Crippen LogP contribution is -2.46. The monoisotopic (exact) mass is 488 g/mol. The molecule has 1 unspecified atom stereocenters. The van der Waals surface area contributed by atoms with Gasteiger partial charge >= 0.3 is 11.9 Å². The summed E-state index contributed by atoms with van der Waals surface area (Å²) < 4.78 is 19.6. The number of ether oxygens (including phenoxy) is 1. The second-order valence-electron chi connectivity index (χ2n) is 8.06. The van der Waals surface area contributed by atoms with Gasteiger partial charge in [-0.15, -0.1) is 0 Å². The molecule has 1 atom stereocenters. The molecule has 0 aliphatic carbocycles. The van der Waals surface area contributed by atoms with Gasteiger partial charge in [0.2, 0.25) is 0 Å². The zero-order chi connectivity index (χ0) is 24.7. The van der Waals surface area contributed by atoms with Gasteiger partial charge in [0, 0.05) is 54.2 Å².